The van der Waals surface area contributed by atoms with E-state index in [0.29, 0.717) is 24.1 Å². The molecule has 104 valence electrons. The third-order valence-electron chi connectivity index (χ3n) is 3.47. The van der Waals surface area contributed by atoms with Crippen molar-refractivity contribution in [2.45, 2.75) is 33.7 Å². The van der Waals surface area contributed by atoms with Crippen LogP contribution in [0, 0.1) is 11.3 Å². The van der Waals surface area contributed by atoms with Crippen molar-refractivity contribution >= 4 is 23.8 Å². The van der Waals surface area contributed by atoms with E-state index in [1.807, 2.05) is 0 Å². The Bertz CT molecular complexity index is 328. The van der Waals surface area contributed by atoms with Crippen molar-refractivity contribution < 1.29 is 14.7 Å². The normalized spacial score (nSPS) is 21.8. The molecule has 0 radical (unpaired) electrons. The maximum Gasteiger partial charge on any atom is 0.327 e. The van der Waals surface area contributed by atoms with Gasteiger partial charge in [0.2, 0.25) is 0 Å². The van der Waals surface area contributed by atoms with E-state index in [0.717, 1.165) is 0 Å². The van der Waals surface area contributed by atoms with Crippen LogP contribution in [0.15, 0.2) is 0 Å². The molecule has 2 atom stereocenters. The molecule has 18 heavy (non-hydrogen) atoms. The number of amides is 2. The molecule has 1 rings (SSSR count). The summed E-state index contributed by atoms with van der Waals surface area (Å²) in [5.74, 6) is 0.323. The van der Waals surface area contributed by atoms with E-state index in [-0.39, 0.29) is 11.4 Å². The Morgan fingerprint density at radius 3 is 2.61 bits per heavy atom. The lowest BCUT2D eigenvalue weighted by molar-refractivity contribution is -0.140. The first kappa shape index (κ1) is 15.1. The van der Waals surface area contributed by atoms with Crippen molar-refractivity contribution in [3.63, 3.8) is 0 Å². The van der Waals surface area contributed by atoms with Crippen molar-refractivity contribution in [3.8, 4) is 0 Å². The van der Waals surface area contributed by atoms with Crippen molar-refractivity contribution in [1.82, 2.24) is 10.2 Å². The zero-order valence-corrected chi connectivity index (χ0v) is 12.2. The number of carbonyl (C=O) groups is 2. The Kier molecular flexibility index (Phi) is 4.90. The van der Waals surface area contributed by atoms with E-state index in [1.54, 1.807) is 0 Å². The topological polar surface area (TPSA) is 69.6 Å². The fraction of sp³-hybridized carbons (Fsp3) is 0.833. The van der Waals surface area contributed by atoms with E-state index in [4.69, 9.17) is 5.11 Å². The highest BCUT2D eigenvalue weighted by Crippen LogP contribution is 2.25. The molecule has 1 saturated heterocycles. The highest BCUT2D eigenvalue weighted by atomic mass is 32.2. The number of carboxylic acids is 1. The van der Waals surface area contributed by atoms with Gasteiger partial charge in [0.05, 0.1) is 5.88 Å². The van der Waals surface area contributed by atoms with Gasteiger partial charge in [-0.05, 0) is 11.3 Å². The second kappa shape index (κ2) is 5.82. The molecule has 1 heterocycles. The van der Waals surface area contributed by atoms with E-state index in [9.17, 15) is 9.59 Å². The Labute approximate surface area is 112 Å². The Hall–Kier alpha value is -0.910. The Balaban J connectivity index is 2.48. The summed E-state index contributed by atoms with van der Waals surface area (Å²) in [6.07, 6.45) is 0. The van der Waals surface area contributed by atoms with Crippen LogP contribution in [0.5, 0.6) is 0 Å². The molecular weight excluding hydrogens is 252 g/mol. The number of carbonyl (C=O) groups excluding carboxylic acids is 1. The molecule has 0 saturated carbocycles. The number of thioether (sulfide) groups is 1. The summed E-state index contributed by atoms with van der Waals surface area (Å²) in [4.78, 5) is 24.3. The summed E-state index contributed by atoms with van der Waals surface area (Å²) in [5, 5.41) is 11.8. The van der Waals surface area contributed by atoms with E-state index in [2.05, 4.69) is 33.0 Å². The number of nitrogens with one attached hydrogen (secondary N) is 1. The zero-order chi connectivity index (χ0) is 13.9. The number of aliphatic carboxylic acids is 1. The van der Waals surface area contributed by atoms with Gasteiger partial charge in [-0.25, -0.2) is 9.59 Å². The van der Waals surface area contributed by atoms with Gasteiger partial charge in [0.1, 0.15) is 6.04 Å². The molecule has 1 aliphatic rings. The molecule has 2 N–H and O–H groups in total. The smallest absolute Gasteiger partial charge is 0.327 e. The summed E-state index contributed by atoms with van der Waals surface area (Å²) in [5.41, 5.74) is 0.124. The molecule has 0 aromatic carbocycles. The SMILES string of the molecule is CC(CNC(=O)N1CSCC1C(=O)O)C(C)(C)C. The van der Waals surface area contributed by atoms with Gasteiger partial charge in [0, 0.05) is 12.3 Å². The predicted octanol–water partition coefficient (Wildman–Crippen LogP) is 1.84. The Morgan fingerprint density at radius 1 is 1.50 bits per heavy atom. The molecule has 6 heteroatoms. The van der Waals surface area contributed by atoms with Gasteiger partial charge >= 0.3 is 12.0 Å². The summed E-state index contributed by atoms with van der Waals surface area (Å²) in [7, 11) is 0. The zero-order valence-electron chi connectivity index (χ0n) is 11.4. The fourth-order valence-electron chi connectivity index (χ4n) is 1.50. The van der Waals surface area contributed by atoms with Crippen LogP contribution in [0.25, 0.3) is 0 Å². The average Bonchev–Trinajstić information content (AvgIpc) is 2.72. The quantitative estimate of drug-likeness (QED) is 0.824. The molecule has 2 amide bonds. The lowest BCUT2D eigenvalue weighted by Gasteiger charge is -2.29. The van der Waals surface area contributed by atoms with Gasteiger partial charge in [0.15, 0.2) is 0 Å². The lowest BCUT2D eigenvalue weighted by atomic mass is 9.82. The van der Waals surface area contributed by atoms with Crippen LogP contribution in [0.2, 0.25) is 0 Å². The number of rotatable bonds is 3. The van der Waals surface area contributed by atoms with Gasteiger partial charge in [0.25, 0.3) is 0 Å². The van der Waals surface area contributed by atoms with Crippen molar-refractivity contribution in [3.05, 3.63) is 0 Å². The van der Waals surface area contributed by atoms with E-state index in [1.165, 1.54) is 16.7 Å². The third kappa shape index (κ3) is 3.80. The largest absolute Gasteiger partial charge is 0.480 e. The third-order valence-corrected chi connectivity index (χ3v) is 4.48. The molecule has 2 unspecified atom stereocenters. The highest BCUT2D eigenvalue weighted by molar-refractivity contribution is 7.99. The van der Waals surface area contributed by atoms with Gasteiger partial charge in [-0.3, -0.25) is 0 Å². The molecule has 1 fully saturated rings. The number of urea groups is 1. The van der Waals surface area contributed by atoms with Crippen LogP contribution in [-0.2, 0) is 4.79 Å². The minimum atomic E-state index is -0.931. The predicted molar refractivity (Wildman–Crippen MR) is 72.6 cm³/mol. The molecule has 1 aliphatic heterocycles. The molecule has 5 nitrogen and oxygen atoms in total. The molecule has 0 aromatic rings. The first-order valence-electron chi connectivity index (χ1n) is 6.08. The number of hydrogen-bond acceptors (Lipinski definition) is 3. The lowest BCUT2D eigenvalue weighted by Crippen LogP contribution is -2.48. The van der Waals surface area contributed by atoms with Gasteiger partial charge in [-0.15, -0.1) is 11.8 Å². The van der Waals surface area contributed by atoms with E-state index < -0.39 is 12.0 Å². The molecule has 0 bridgehead atoms. The van der Waals surface area contributed by atoms with Crippen LogP contribution in [0.3, 0.4) is 0 Å². The average molecular weight is 274 g/mol. The van der Waals surface area contributed by atoms with Crippen molar-refractivity contribution in [2.75, 3.05) is 18.2 Å². The Morgan fingerprint density at radius 2 is 2.11 bits per heavy atom. The minimum Gasteiger partial charge on any atom is -0.480 e. The van der Waals surface area contributed by atoms with Crippen LogP contribution in [0.1, 0.15) is 27.7 Å². The van der Waals surface area contributed by atoms with Gasteiger partial charge in [-0.2, -0.15) is 0 Å². The standard InChI is InChI=1S/C12H22N2O3S/c1-8(12(2,3)4)5-13-11(17)14-7-18-6-9(14)10(15)16/h8-9H,5-7H2,1-4H3,(H,13,17)(H,15,16). The molecule has 0 spiro atoms. The summed E-state index contributed by atoms with van der Waals surface area (Å²) >= 11 is 1.47. The number of carboxylic acid groups (broad SMARTS) is 1. The summed E-state index contributed by atoms with van der Waals surface area (Å²) in [6, 6.07) is -0.969. The van der Waals surface area contributed by atoms with Gasteiger partial charge in [-0.1, -0.05) is 27.7 Å². The second-order valence-corrected chi connectivity index (χ2v) is 6.78. The van der Waals surface area contributed by atoms with Crippen LogP contribution >= 0.6 is 11.8 Å². The number of hydrogen-bond donors (Lipinski definition) is 2. The maximum atomic E-state index is 11.9. The first-order chi connectivity index (χ1) is 8.23. The van der Waals surface area contributed by atoms with Crippen LogP contribution in [0.4, 0.5) is 4.79 Å². The second-order valence-electron chi connectivity index (χ2n) is 5.78. The minimum absolute atomic E-state index is 0.124. The fourth-order valence-corrected chi connectivity index (χ4v) is 2.64. The van der Waals surface area contributed by atoms with Crippen molar-refractivity contribution in [2.24, 2.45) is 11.3 Å². The summed E-state index contributed by atoms with van der Waals surface area (Å²) < 4.78 is 0. The van der Waals surface area contributed by atoms with Crippen LogP contribution < -0.4 is 5.32 Å². The van der Waals surface area contributed by atoms with Gasteiger partial charge < -0.3 is 15.3 Å². The molecule has 0 aliphatic carbocycles. The molecular formula is C12H22N2O3S. The monoisotopic (exact) mass is 274 g/mol. The number of nitrogens with zero attached hydrogens (tertiary/aromatic N) is 1. The van der Waals surface area contributed by atoms with Crippen molar-refractivity contribution in [1.29, 1.82) is 0 Å². The first-order valence-corrected chi connectivity index (χ1v) is 7.24. The molecule has 0 aromatic heterocycles. The maximum absolute atomic E-state index is 11.9. The van der Waals surface area contributed by atoms with E-state index >= 15 is 0 Å². The summed E-state index contributed by atoms with van der Waals surface area (Å²) in [6.45, 7) is 9.00. The van der Waals surface area contributed by atoms with Crippen LogP contribution in [-0.4, -0.2) is 46.2 Å². The highest BCUT2D eigenvalue weighted by Gasteiger charge is 2.34.